The molecule has 132 valence electrons. The number of nitro benzene ring substituents is 1. The highest BCUT2D eigenvalue weighted by molar-refractivity contribution is 7.99. The van der Waals surface area contributed by atoms with Gasteiger partial charge >= 0.3 is 5.69 Å². The largest absolute Gasteiger partial charge is 0.490 e. The van der Waals surface area contributed by atoms with Crippen molar-refractivity contribution >= 4 is 23.4 Å². The van der Waals surface area contributed by atoms with Gasteiger partial charge in [-0.2, -0.15) is 0 Å². The Labute approximate surface area is 149 Å². The predicted octanol–water partition coefficient (Wildman–Crippen LogP) is 3.11. The number of thioether (sulfide) groups is 1. The third-order valence-corrected chi connectivity index (χ3v) is 4.45. The molecule has 1 aromatic heterocycles. The van der Waals surface area contributed by atoms with Crippen LogP contribution in [0.5, 0.6) is 5.75 Å². The fourth-order valence-electron chi connectivity index (χ4n) is 2.22. The number of amides is 1. The first-order chi connectivity index (χ1) is 12.0. The zero-order valence-corrected chi connectivity index (χ0v) is 14.8. The van der Waals surface area contributed by atoms with E-state index < -0.39 is 4.92 Å². The Hall–Kier alpha value is -2.61. The van der Waals surface area contributed by atoms with E-state index in [1.807, 2.05) is 25.1 Å². The molecule has 0 aliphatic rings. The molecule has 8 heteroatoms. The molecular formula is C17H19N3O4S. The highest BCUT2D eigenvalue weighted by Crippen LogP contribution is 2.28. The van der Waals surface area contributed by atoms with Crippen LogP contribution in [0.25, 0.3) is 0 Å². The van der Waals surface area contributed by atoms with E-state index in [9.17, 15) is 14.9 Å². The number of carbonyl (C=O) groups is 1. The van der Waals surface area contributed by atoms with Gasteiger partial charge in [0.05, 0.1) is 29.5 Å². The summed E-state index contributed by atoms with van der Waals surface area (Å²) >= 11 is 1.39. The molecule has 1 aromatic carbocycles. The zero-order valence-electron chi connectivity index (χ0n) is 14.0. The molecule has 0 spiro atoms. The molecule has 0 saturated carbocycles. The number of pyridine rings is 1. The lowest BCUT2D eigenvalue weighted by molar-refractivity contribution is -0.385. The predicted molar refractivity (Wildman–Crippen MR) is 96.6 cm³/mol. The highest BCUT2D eigenvalue weighted by Gasteiger charge is 2.15. The first kappa shape index (κ1) is 18.7. The molecule has 1 atom stereocenters. The second-order valence-electron chi connectivity index (χ2n) is 5.30. The molecule has 0 bridgehead atoms. The van der Waals surface area contributed by atoms with E-state index in [1.54, 1.807) is 18.3 Å². The van der Waals surface area contributed by atoms with Gasteiger partial charge in [0, 0.05) is 18.0 Å². The lowest BCUT2D eigenvalue weighted by atomic mass is 10.2. The number of nitro groups is 1. The minimum Gasteiger partial charge on any atom is -0.490 e. The van der Waals surface area contributed by atoms with Gasteiger partial charge in [-0.3, -0.25) is 19.9 Å². The van der Waals surface area contributed by atoms with E-state index in [-0.39, 0.29) is 29.1 Å². The summed E-state index contributed by atoms with van der Waals surface area (Å²) in [6.45, 7) is 1.87. The number of aromatic nitrogens is 1. The number of rotatable bonds is 8. The van der Waals surface area contributed by atoms with E-state index in [0.29, 0.717) is 5.75 Å². The molecule has 0 aliphatic carbocycles. The topological polar surface area (TPSA) is 94.4 Å². The van der Waals surface area contributed by atoms with Gasteiger partial charge in [0.1, 0.15) is 0 Å². The number of hydrogen-bond acceptors (Lipinski definition) is 6. The average Bonchev–Trinajstić information content (AvgIpc) is 2.62. The molecule has 7 nitrogen and oxygen atoms in total. The van der Waals surface area contributed by atoms with Crippen molar-refractivity contribution in [3.05, 3.63) is 64.0 Å². The molecule has 1 amide bonds. The Morgan fingerprint density at radius 2 is 2.20 bits per heavy atom. The van der Waals surface area contributed by atoms with Crippen LogP contribution in [0.1, 0.15) is 24.2 Å². The highest BCUT2D eigenvalue weighted by atomic mass is 32.2. The Morgan fingerprint density at radius 3 is 2.84 bits per heavy atom. The lowest BCUT2D eigenvalue weighted by Crippen LogP contribution is -2.28. The van der Waals surface area contributed by atoms with Crippen LogP contribution in [0.15, 0.2) is 42.6 Å². The van der Waals surface area contributed by atoms with Crippen LogP contribution in [0.3, 0.4) is 0 Å². The van der Waals surface area contributed by atoms with Crippen molar-refractivity contribution in [3.63, 3.8) is 0 Å². The Morgan fingerprint density at radius 1 is 1.40 bits per heavy atom. The second kappa shape index (κ2) is 9.03. The van der Waals surface area contributed by atoms with E-state index in [2.05, 4.69) is 10.3 Å². The summed E-state index contributed by atoms with van der Waals surface area (Å²) in [6, 6.07) is 10.2. The van der Waals surface area contributed by atoms with Crippen LogP contribution in [0.4, 0.5) is 5.69 Å². The summed E-state index contributed by atoms with van der Waals surface area (Å²) in [7, 11) is 1.39. The monoisotopic (exact) mass is 361 g/mol. The number of nitrogens with one attached hydrogen (secondary N) is 1. The first-order valence-corrected chi connectivity index (χ1v) is 8.76. The van der Waals surface area contributed by atoms with Gasteiger partial charge in [-0.1, -0.05) is 12.1 Å². The molecule has 0 fully saturated rings. The summed E-state index contributed by atoms with van der Waals surface area (Å²) in [5.74, 6) is 0.875. The van der Waals surface area contributed by atoms with Crippen LogP contribution in [-0.4, -0.2) is 28.7 Å². The first-order valence-electron chi connectivity index (χ1n) is 7.60. The SMILES string of the molecule is COc1ccc(CSCC(=O)NC(C)c2ccccn2)cc1[N+](=O)[O-]. The normalized spacial score (nSPS) is 11.6. The third-order valence-electron chi connectivity index (χ3n) is 3.45. The van der Waals surface area contributed by atoms with Crippen LogP contribution in [-0.2, 0) is 10.5 Å². The Kier molecular flexibility index (Phi) is 6.76. The minimum atomic E-state index is -0.478. The van der Waals surface area contributed by atoms with Gasteiger partial charge in [0.2, 0.25) is 5.91 Å². The Bertz CT molecular complexity index is 740. The molecule has 2 aromatic rings. The van der Waals surface area contributed by atoms with E-state index >= 15 is 0 Å². The van der Waals surface area contributed by atoms with Crippen molar-refractivity contribution < 1.29 is 14.5 Å². The zero-order chi connectivity index (χ0) is 18.2. The van der Waals surface area contributed by atoms with Gasteiger partial charge in [-0.05, 0) is 30.7 Å². The van der Waals surface area contributed by atoms with Crippen LogP contribution >= 0.6 is 11.8 Å². The minimum absolute atomic E-state index is 0.0752. The number of methoxy groups -OCH3 is 1. The van der Waals surface area contributed by atoms with Crippen LogP contribution in [0, 0.1) is 10.1 Å². The number of carbonyl (C=O) groups excluding carboxylic acids is 1. The molecular weight excluding hydrogens is 342 g/mol. The maximum Gasteiger partial charge on any atom is 0.311 e. The van der Waals surface area contributed by atoms with Crippen LogP contribution in [0.2, 0.25) is 0 Å². The number of nitrogens with zero attached hydrogens (tertiary/aromatic N) is 2. The summed E-state index contributed by atoms with van der Waals surface area (Å²) in [4.78, 5) is 26.8. The summed E-state index contributed by atoms with van der Waals surface area (Å²) < 4.78 is 4.97. The summed E-state index contributed by atoms with van der Waals surface area (Å²) in [5.41, 5.74) is 1.49. The molecule has 1 heterocycles. The number of hydrogen-bond donors (Lipinski definition) is 1. The quantitative estimate of drug-likeness (QED) is 0.573. The smallest absolute Gasteiger partial charge is 0.311 e. The van der Waals surface area contributed by atoms with Crippen molar-refractivity contribution in [1.29, 1.82) is 0 Å². The number of ether oxygens (including phenoxy) is 1. The van der Waals surface area contributed by atoms with Crippen molar-refractivity contribution in [2.24, 2.45) is 0 Å². The van der Waals surface area contributed by atoms with Crippen molar-refractivity contribution in [1.82, 2.24) is 10.3 Å². The van der Waals surface area contributed by atoms with Gasteiger partial charge in [0.15, 0.2) is 5.75 Å². The van der Waals surface area contributed by atoms with Gasteiger partial charge in [-0.25, -0.2) is 0 Å². The summed E-state index contributed by atoms with van der Waals surface area (Å²) in [5, 5.41) is 13.9. The van der Waals surface area contributed by atoms with E-state index in [4.69, 9.17) is 4.74 Å². The second-order valence-corrected chi connectivity index (χ2v) is 6.29. The number of benzene rings is 1. The molecule has 0 radical (unpaired) electrons. The lowest BCUT2D eigenvalue weighted by Gasteiger charge is -2.13. The van der Waals surface area contributed by atoms with Crippen molar-refractivity contribution in [3.8, 4) is 5.75 Å². The standard InChI is InChI=1S/C17H19N3O4S/c1-12(14-5-3-4-8-18-14)19-17(21)11-25-10-13-6-7-16(24-2)15(9-13)20(22)23/h3-9,12H,10-11H2,1-2H3,(H,19,21). The van der Waals surface area contributed by atoms with Gasteiger partial charge < -0.3 is 10.1 Å². The summed E-state index contributed by atoms with van der Waals surface area (Å²) in [6.07, 6.45) is 1.68. The maximum absolute atomic E-state index is 12.0. The van der Waals surface area contributed by atoms with Gasteiger partial charge in [0.25, 0.3) is 0 Å². The van der Waals surface area contributed by atoms with E-state index in [1.165, 1.54) is 24.9 Å². The van der Waals surface area contributed by atoms with E-state index in [0.717, 1.165) is 11.3 Å². The third kappa shape index (κ3) is 5.46. The van der Waals surface area contributed by atoms with Crippen molar-refractivity contribution in [2.45, 2.75) is 18.7 Å². The molecule has 0 aliphatic heterocycles. The fraction of sp³-hybridized carbons (Fsp3) is 0.294. The molecule has 1 N–H and O–H groups in total. The fourth-order valence-corrected chi connectivity index (χ4v) is 3.00. The molecule has 1 unspecified atom stereocenters. The molecule has 0 saturated heterocycles. The van der Waals surface area contributed by atoms with Crippen molar-refractivity contribution in [2.75, 3.05) is 12.9 Å². The molecule has 2 rings (SSSR count). The molecule has 25 heavy (non-hydrogen) atoms. The average molecular weight is 361 g/mol. The van der Waals surface area contributed by atoms with Gasteiger partial charge in [-0.15, -0.1) is 11.8 Å². The van der Waals surface area contributed by atoms with Crippen LogP contribution < -0.4 is 10.1 Å². The Balaban J connectivity index is 1.85. The maximum atomic E-state index is 12.0.